The molecule has 1 unspecified atom stereocenters. The Hall–Kier alpha value is -0.0800. The van der Waals surface area contributed by atoms with Crippen molar-refractivity contribution in [2.45, 2.75) is 71.4 Å². The molecular formula is C18H34N2. The third-order valence-electron chi connectivity index (χ3n) is 6.06. The Balaban J connectivity index is 1.44. The summed E-state index contributed by atoms with van der Waals surface area (Å²) < 4.78 is 0. The van der Waals surface area contributed by atoms with Crippen molar-refractivity contribution < 1.29 is 0 Å². The van der Waals surface area contributed by atoms with Gasteiger partial charge in [0.15, 0.2) is 0 Å². The second-order valence-electron chi connectivity index (χ2n) is 9.03. The molecular weight excluding hydrogens is 244 g/mol. The molecule has 4 aliphatic rings. The molecule has 0 saturated heterocycles. The van der Waals surface area contributed by atoms with Gasteiger partial charge in [-0.2, -0.15) is 0 Å². The summed E-state index contributed by atoms with van der Waals surface area (Å²) in [7, 11) is 0. The molecule has 4 aliphatic carbocycles. The highest BCUT2D eigenvalue weighted by molar-refractivity contribution is 4.98. The van der Waals surface area contributed by atoms with Crippen LogP contribution >= 0.6 is 0 Å². The van der Waals surface area contributed by atoms with E-state index in [9.17, 15) is 0 Å². The molecule has 0 amide bonds. The van der Waals surface area contributed by atoms with E-state index in [1.165, 1.54) is 6.54 Å². The lowest BCUT2D eigenvalue weighted by Gasteiger charge is -2.54. The van der Waals surface area contributed by atoms with Gasteiger partial charge in [-0.15, -0.1) is 0 Å². The van der Waals surface area contributed by atoms with Gasteiger partial charge >= 0.3 is 0 Å². The fraction of sp³-hybridized carbons (Fsp3) is 1.00. The Morgan fingerprint density at radius 2 is 1.50 bits per heavy atom. The zero-order valence-electron chi connectivity index (χ0n) is 13.9. The number of hydrogen-bond acceptors (Lipinski definition) is 2. The Morgan fingerprint density at radius 1 is 0.950 bits per heavy atom. The van der Waals surface area contributed by atoms with Gasteiger partial charge in [-0.3, -0.25) is 0 Å². The first-order chi connectivity index (χ1) is 9.40. The molecule has 0 aromatic rings. The smallest absolute Gasteiger partial charge is 0.0164 e. The van der Waals surface area contributed by atoms with Crippen LogP contribution in [0.25, 0.3) is 0 Å². The van der Waals surface area contributed by atoms with Gasteiger partial charge in [0, 0.05) is 18.1 Å². The van der Waals surface area contributed by atoms with Crippen LogP contribution < -0.4 is 10.6 Å². The van der Waals surface area contributed by atoms with Gasteiger partial charge in [0.1, 0.15) is 0 Å². The standard InChI is InChI=1S/C18H34N2/c1-12(10-20-18(2,3)4)19-11-17-15-6-13-5-14(8-15)9-16(17)7-13/h12-17,19-20H,5-11H2,1-4H3. The van der Waals surface area contributed by atoms with Crippen LogP contribution in [-0.4, -0.2) is 24.7 Å². The van der Waals surface area contributed by atoms with Crippen LogP contribution in [0.15, 0.2) is 0 Å². The van der Waals surface area contributed by atoms with E-state index in [1.54, 1.807) is 32.1 Å². The van der Waals surface area contributed by atoms with Crippen molar-refractivity contribution in [1.29, 1.82) is 0 Å². The predicted molar refractivity (Wildman–Crippen MR) is 85.8 cm³/mol. The normalized spacial score (nSPS) is 41.1. The molecule has 20 heavy (non-hydrogen) atoms. The zero-order valence-corrected chi connectivity index (χ0v) is 13.9. The van der Waals surface area contributed by atoms with E-state index in [-0.39, 0.29) is 5.54 Å². The van der Waals surface area contributed by atoms with Gasteiger partial charge in [0.25, 0.3) is 0 Å². The molecule has 0 spiro atoms. The molecule has 0 aromatic carbocycles. The van der Waals surface area contributed by atoms with Gasteiger partial charge in [-0.1, -0.05) is 0 Å². The van der Waals surface area contributed by atoms with E-state index >= 15 is 0 Å². The molecule has 1 atom stereocenters. The second kappa shape index (κ2) is 5.61. The summed E-state index contributed by atoms with van der Waals surface area (Å²) in [5, 5.41) is 7.43. The van der Waals surface area contributed by atoms with E-state index in [1.807, 2.05) is 0 Å². The molecule has 2 N–H and O–H groups in total. The van der Waals surface area contributed by atoms with Crippen LogP contribution in [0.2, 0.25) is 0 Å². The van der Waals surface area contributed by atoms with Crippen molar-refractivity contribution in [2.75, 3.05) is 13.1 Å². The van der Waals surface area contributed by atoms with Crippen molar-refractivity contribution in [3.63, 3.8) is 0 Å². The Kier molecular flexibility index (Phi) is 4.16. The van der Waals surface area contributed by atoms with Gasteiger partial charge < -0.3 is 10.6 Å². The summed E-state index contributed by atoms with van der Waals surface area (Å²) >= 11 is 0. The highest BCUT2D eigenvalue weighted by Gasteiger charge is 2.47. The van der Waals surface area contributed by atoms with Crippen molar-refractivity contribution in [3.8, 4) is 0 Å². The average Bonchev–Trinajstić information content (AvgIpc) is 2.34. The maximum atomic E-state index is 3.82. The SMILES string of the molecule is CC(CNC(C)(C)C)NCC1C2CC3CC(C2)CC1C3. The number of nitrogens with one attached hydrogen (secondary N) is 2. The van der Waals surface area contributed by atoms with Crippen molar-refractivity contribution in [3.05, 3.63) is 0 Å². The van der Waals surface area contributed by atoms with E-state index < -0.39 is 0 Å². The lowest BCUT2D eigenvalue weighted by atomic mass is 9.52. The molecule has 0 radical (unpaired) electrons. The second-order valence-corrected chi connectivity index (χ2v) is 9.03. The van der Waals surface area contributed by atoms with Gasteiger partial charge in [-0.25, -0.2) is 0 Å². The fourth-order valence-electron chi connectivity index (χ4n) is 5.24. The van der Waals surface area contributed by atoms with Crippen LogP contribution in [0, 0.1) is 29.6 Å². The minimum absolute atomic E-state index is 0.235. The van der Waals surface area contributed by atoms with E-state index in [2.05, 4.69) is 38.3 Å². The van der Waals surface area contributed by atoms with Crippen molar-refractivity contribution in [2.24, 2.45) is 29.6 Å². The quantitative estimate of drug-likeness (QED) is 0.805. The van der Waals surface area contributed by atoms with Crippen LogP contribution in [0.1, 0.15) is 59.8 Å². The van der Waals surface area contributed by atoms with Gasteiger partial charge in [-0.05, 0) is 95.9 Å². The molecule has 4 fully saturated rings. The van der Waals surface area contributed by atoms with Gasteiger partial charge in [0.2, 0.25) is 0 Å². The third kappa shape index (κ3) is 3.39. The van der Waals surface area contributed by atoms with E-state index in [4.69, 9.17) is 0 Å². The summed E-state index contributed by atoms with van der Waals surface area (Å²) in [5.74, 6) is 5.31. The summed E-state index contributed by atoms with van der Waals surface area (Å²) in [6.07, 6.45) is 7.77. The summed E-state index contributed by atoms with van der Waals surface area (Å²) in [4.78, 5) is 0. The minimum atomic E-state index is 0.235. The molecule has 4 saturated carbocycles. The lowest BCUT2D eigenvalue weighted by Crippen LogP contribution is -2.51. The van der Waals surface area contributed by atoms with Crippen LogP contribution in [0.5, 0.6) is 0 Å². The number of hydrogen-bond donors (Lipinski definition) is 2. The first kappa shape index (κ1) is 14.8. The summed E-state index contributed by atoms with van der Waals surface area (Å²) in [6, 6.07) is 0.589. The molecule has 2 heteroatoms. The minimum Gasteiger partial charge on any atom is -0.313 e. The van der Waals surface area contributed by atoms with E-state index in [0.717, 1.165) is 36.1 Å². The predicted octanol–water partition coefficient (Wildman–Crippen LogP) is 3.42. The van der Waals surface area contributed by atoms with Gasteiger partial charge in [0.05, 0.1) is 0 Å². The molecule has 4 rings (SSSR count). The molecule has 116 valence electrons. The fourth-order valence-corrected chi connectivity index (χ4v) is 5.24. The zero-order chi connectivity index (χ0) is 14.3. The van der Waals surface area contributed by atoms with Crippen LogP contribution in [0.3, 0.4) is 0 Å². The first-order valence-electron chi connectivity index (χ1n) is 8.89. The topological polar surface area (TPSA) is 24.1 Å². The monoisotopic (exact) mass is 278 g/mol. The maximum Gasteiger partial charge on any atom is 0.0164 e. The largest absolute Gasteiger partial charge is 0.313 e. The first-order valence-corrected chi connectivity index (χ1v) is 8.89. The summed E-state index contributed by atoms with van der Waals surface area (Å²) in [6.45, 7) is 11.4. The van der Waals surface area contributed by atoms with Crippen LogP contribution in [-0.2, 0) is 0 Å². The molecule has 0 heterocycles. The number of rotatable bonds is 5. The summed E-state index contributed by atoms with van der Waals surface area (Å²) in [5.41, 5.74) is 0.235. The average molecular weight is 278 g/mol. The molecule has 0 aliphatic heterocycles. The third-order valence-corrected chi connectivity index (χ3v) is 6.06. The Labute approximate surface area is 125 Å². The lowest BCUT2D eigenvalue weighted by molar-refractivity contribution is -0.0361. The van der Waals surface area contributed by atoms with E-state index in [0.29, 0.717) is 6.04 Å². The maximum absolute atomic E-state index is 3.82. The molecule has 0 aromatic heterocycles. The highest BCUT2D eigenvalue weighted by atomic mass is 15.0. The highest BCUT2D eigenvalue weighted by Crippen LogP contribution is 2.56. The Morgan fingerprint density at radius 3 is 2.00 bits per heavy atom. The van der Waals surface area contributed by atoms with Crippen LogP contribution in [0.4, 0.5) is 0 Å². The molecule has 4 bridgehead atoms. The van der Waals surface area contributed by atoms with Crippen molar-refractivity contribution >= 4 is 0 Å². The Bertz CT molecular complexity index is 303. The van der Waals surface area contributed by atoms with Crippen molar-refractivity contribution in [1.82, 2.24) is 10.6 Å². The molecule has 2 nitrogen and oxygen atoms in total.